The number of hydrogen-bond donors (Lipinski definition) is 0. The summed E-state index contributed by atoms with van der Waals surface area (Å²) >= 11 is 0. The van der Waals surface area contributed by atoms with Gasteiger partial charge in [0.1, 0.15) is 0 Å². The lowest BCUT2D eigenvalue weighted by molar-refractivity contribution is 1.07. The predicted molar refractivity (Wildman–Crippen MR) is 201 cm³/mol. The summed E-state index contributed by atoms with van der Waals surface area (Å²) in [5.41, 5.74) is -0.223. The fourth-order valence-corrected chi connectivity index (χ4v) is 5.66. The summed E-state index contributed by atoms with van der Waals surface area (Å²) < 4.78 is 144. The van der Waals surface area contributed by atoms with Gasteiger partial charge >= 0.3 is 0 Å². The van der Waals surface area contributed by atoms with Crippen molar-refractivity contribution in [1.29, 1.82) is 0 Å². The van der Waals surface area contributed by atoms with Crippen LogP contribution in [0.3, 0.4) is 0 Å². The summed E-state index contributed by atoms with van der Waals surface area (Å²) in [6, 6.07) is 13.4. The lowest BCUT2D eigenvalue weighted by Crippen LogP contribution is -2.00. The molecule has 0 unspecified atom stereocenters. The summed E-state index contributed by atoms with van der Waals surface area (Å²) in [6.45, 7) is 0. The molecule has 0 aliphatic rings. The van der Waals surface area contributed by atoms with E-state index in [-0.39, 0.29) is 33.8 Å². The highest BCUT2D eigenvalue weighted by atomic mass is 15.0. The van der Waals surface area contributed by atoms with Gasteiger partial charge in [0.25, 0.3) is 0 Å². The van der Waals surface area contributed by atoms with Crippen LogP contribution in [-0.2, 0) is 0 Å². The maximum atomic E-state index is 9.82. The number of para-hydroxylation sites is 2. The van der Waals surface area contributed by atoms with Crippen LogP contribution in [-0.4, -0.2) is 19.5 Å². The molecule has 0 saturated heterocycles. The summed E-state index contributed by atoms with van der Waals surface area (Å²) in [6.07, 6.45) is 0. The second kappa shape index (κ2) is 12.2. The molecule has 4 heteroatoms. The average Bonchev–Trinajstić information content (AvgIpc) is 3.68. The van der Waals surface area contributed by atoms with Crippen molar-refractivity contribution in [3.05, 3.63) is 182 Å². The van der Waals surface area contributed by atoms with Crippen molar-refractivity contribution < 1.29 is 21.9 Å². The third-order valence-corrected chi connectivity index (χ3v) is 7.94. The fraction of sp³-hybridized carbons (Fsp3) is 0. The van der Waals surface area contributed by atoms with Gasteiger partial charge in [0, 0.05) is 33.0 Å². The van der Waals surface area contributed by atoms with Gasteiger partial charge in [-0.1, -0.05) is 151 Å². The van der Waals surface area contributed by atoms with Crippen molar-refractivity contribution in [2.75, 3.05) is 0 Å². The maximum Gasteiger partial charge on any atom is 0.164 e. The Balaban J connectivity index is 1.42. The van der Waals surface area contributed by atoms with E-state index >= 15 is 0 Å². The van der Waals surface area contributed by atoms with Gasteiger partial charge in [0.2, 0.25) is 0 Å². The van der Waals surface area contributed by atoms with E-state index in [0.29, 0.717) is 11.1 Å². The lowest BCUT2D eigenvalue weighted by Gasteiger charge is -2.14. The molecule has 0 saturated carbocycles. The van der Waals surface area contributed by atoms with Crippen molar-refractivity contribution in [3.63, 3.8) is 0 Å². The first-order chi connectivity index (χ1) is 31.0. The highest BCUT2D eigenvalue weighted by molar-refractivity contribution is 6.10. The molecule has 0 radical (unpaired) electrons. The van der Waals surface area contributed by atoms with Gasteiger partial charge in [0.15, 0.2) is 17.5 Å². The van der Waals surface area contributed by atoms with Crippen LogP contribution in [0, 0.1) is 0 Å². The molecule has 0 aliphatic heterocycles. The monoisotopic (exact) mass is 642 g/mol. The molecule has 0 spiro atoms. The van der Waals surface area contributed by atoms with E-state index in [0.717, 1.165) is 15.7 Å². The Hall–Kier alpha value is -6.65. The van der Waals surface area contributed by atoms with Gasteiger partial charge in [-0.15, -0.1) is 0 Å². The molecule has 7 aromatic carbocycles. The summed E-state index contributed by atoms with van der Waals surface area (Å²) in [5.74, 6) is 0.0670. The molecular formula is C45H30N4. The second-order valence-electron chi connectivity index (χ2n) is 10.9. The zero-order chi connectivity index (χ0) is 46.5. The first kappa shape index (κ1) is 16.4. The third-order valence-electron chi connectivity index (χ3n) is 7.94. The van der Waals surface area contributed by atoms with E-state index < -0.39 is 125 Å². The molecule has 4 nitrogen and oxygen atoms in total. The fourth-order valence-electron chi connectivity index (χ4n) is 5.66. The van der Waals surface area contributed by atoms with E-state index in [1.807, 2.05) is 42.5 Å². The van der Waals surface area contributed by atoms with E-state index in [1.165, 1.54) is 0 Å². The molecule has 49 heavy (non-hydrogen) atoms. The Kier molecular flexibility index (Phi) is 4.09. The zero-order valence-electron chi connectivity index (χ0n) is 41.4. The number of rotatable bonds is 6. The van der Waals surface area contributed by atoms with E-state index in [1.54, 1.807) is 42.5 Å². The predicted octanol–water partition coefficient (Wildman–Crippen LogP) is 11.3. The van der Waals surface area contributed by atoms with Gasteiger partial charge in [0.05, 0.1) is 38.7 Å². The topological polar surface area (TPSA) is 43.6 Å². The van der Waals surface area contributed by atoms with Gasteiger partial charge < -0.3 is 4.57 Å². The summed E-state index contributed by atoms with van der Waals surface area (Å²) in [7, 11) is 0. The largest absolute Gasteiger partial charge is 0.309 e. The second-order valence-corrected chi connectivity index (χ2v) is 10.9. The van der Waals surface area contributed by atoms with Crippen LogP contribution in [0.15, 0.2) is 182 Å². The Bertz CT molecular complexity index is 3460. The van der Waals surface area contributed by atoms with Crippen LogP contribution < -0.4 is 0 Å². The molecular weight excluding hydrogens is 597 g/mol. The number of benzene rings is 7. The number of aromatic nitrogens is 4. The molecule has 230 valence electrons. The molecule has 9 rings (SSSR count). The summed E-state index contributed by atoms with van der Waals surface area (Å²) in [5, 5.41) is -0.697. The van der Waals surface area contributed by atoms with Gasteiger partial charge in [-0.05, 0) is 46.9 Å². The molecule has 0 atom stereocenters. The molecule has 9 aromatic rings. The molecule has 2 aromatic heterocycles. The van der Waals surface area contributed by atoms with Gasteiger partial charge in [-0.25, -0.2) is 15.0 Å². The highest BCUT2D eigenvalue weighted by Gasteiger charge is 2.18. The third kappa shape index (κ3) is 5.26. The van der Waals surface area contributed by atoms with Crippen LogP contribution in [0.2, 0.25) is 0 Å². The van der Waals surface area contributed by atoms with Crippen molar-refractivity contribution in [2.45, 2.75) is 0 Å². The molecule has 0 bridgehead atoms. The smallest absolute Gasteiger partial charge is 0.164 e. The van der Waals surface area contributed by atoms with Crippen molar-refractivity contribution in [3.8, 4) is 62.1 Å². The highest BCUT2D eigenvalue weighted by Crippen LogP contribution is 2.38. The van der Waals surface area contributed by atoms with E-state index in [2.05, 4.69) is 0 Å². The van der Waals surface area contributed by atoms with Crippen molar-refractivity contribution in [1.82, 2.24) is 19.5 Å². The Morgan fingerprint density at radius 3 is 1.65 bits per heavy atom. The number of nitrogens with zero attached hydrogens (tertiary/aromatic N) is 4. The number of fused-ring (bicyclic) bond motifs is 3. The van der Waals surface area contributed by atoms with Crippen molar-refractivity contribution >= 4 is 21.8 Å². The van der Waals surface area contributed by atoms with E-state index in [4.69, 9.17) is 28.7 Å². The van der Waals surface area contributed by atoms with Gasteiger partial charge in [-0.3, -0.25) is 0 Å². The maximum absolute atomic E-state index is 9.82. The SMILES string of the molecule is [2H]c1c([2H])c([2H])c(-c2c([2H])c([2H])c([2H])c([2H])c2-n2c3c([2H])c([2H])c([2H])c([2H])c3c3c([2H])c(-c4nc(-c5ccccc5)nc(-c5ccc(-c6ccccc6)cc5)n4)c([2H])c([2H])c32)c([2H])c1[2H]. The Labute approximate surface area is 307 Å². The van der Waals surface area contributed by atoms with Crippen LogP contribution >= 0.6 is 0 Å². The molecule has 0 fully saturated rings. The quantitative estimate of drug-likeness (QED) is 0.181. The first-order valence-corrected chi connectivity index (χ1v) is 15.2. The standard InChI is InChI=1S/C45H30N4/c1-4-14-31(15-5-1)32-24-26-35(27-25-32)44-46-43(34-18-8-3-9-19-34)47-45(48-44)36-28-29-42-39(30-36)38-21-11-13-23-41(38)49(42)40-22-12-10-20-37(40)33-16-6-2-7-17-33/h1-30H/i2D,6D,7D,10D,11D,12D,13D,16D,17D,20D,21D,22D,23D,28D,29D,30D. The van der Waals surface area contributed by atoms with Crippen LogP contribution in [0.4, 0.5) is 0 Å². The minimum Gasteiger partial charge on any atom is -0.309 e. The van der Waals surface area contributed by atoms with Crippen molar-refractivity contribution in [2.24, 2.45) is 0 Å². The molecule has 0 N–H and O–H groups in total. The molecule has 0 aliphatic carbocycles. The van der Waals surface area contributed by atoms with Crippen LogP contribution in [0.25, 0.3) is 83.9 Å². The van der Waals surface area contributed by atoms with Crippen LogP contribution in [0.5, 0.6) is 0 Å². The summed E-state index contributed by atoms with van der Waals surface area (Å²) in [4.78, 5) is 14.2. The minimum atomic E-state index is -0.867. The minimum absolute atomic E-state index is 0.145. The Morgan fingerprint density at radius 2 is 0.918 bits per heavy atom. The number of hydrogen-bond acceptors (Lipinski definition) is 3. The van der Waals surface area contributed by atoms with Gasteiger partial charge in [-0.2, -0.15) is 0 Å². The lowest BCUT2D eigenvalue weighted by atomic mass is 10.0. The molecule has 0 amide bonds. The average molecular weight is 643 g/mol. The van der Waals surface area contributed by atoms with Crippen LogP contribution in [0.1, 0.15) is 21.9 Å². The zero-order valence-corrected chi connectivity index (χ0v) is 25.4. The molecule has 2 heterocycles. The Morgan fingerprint density at radius 1 is 0.388 bits per heavy atom. The normalized spacial score (nSPS) is 15.8. The first-order valence-electron chi connectivity index (χ1n) is 23.2. The van der Waals surface area contributed by atoms with E-state index in [9.17, 15) is 8.22 Å².